The molecule has 0 radical (unpaired) electrons. The molecule has 0 amide bonds. The molecule has 0 saturated carbocycles. The Hall–Kier alpha value is -0.730. The summed E-state index contributed by atoms with van der Waals surface area (Å²) in [5, 5.41) is 3.84. The summed E-state index contributed by atoms with van der Waals surface area (Å²) in [7, 11) is -3.17. The zero-order valence-corrected chi connectivity index (χ0v) is 14.6. The molecule has 0 spiro atoms. The van der Waals surface area contributed by atoms with Crippen molar-refractivity contribution in [3.05, 3.63) is 5.82 Å². The first-order valence-corrected chi connectivity index (χ1v) is 9.66. The molecule has 6 nitrogen and oxygen atoms in total. The van der Waals surface area contributed by atoms with E-state index in [1.54, 1.807) is 0 Å². The van der Waals surface area contributed by atoms with Gasteiger partial charge in [-0.3, -0.25) is 0 Å². The Bertz CT molecular complexity index is 584. The Labute approximate surface area is 130 Å². The van der Waals surface area contributed by atoms with Crippen molar-refractivity contribution in [3.63, 3.8) is 0 Å². The zero-order chi connectivity index (χ0) is 15.7. The van der Waals surface area contributed by atoms with Gasteiger partial charge in [0.2, 0.25) is 5.13 Å². The van der Waals surface area contributed by atoms with Crippen molar-refractivity contribution in [2.24, 2.45) is 0 Å². The maximum Gasteiger partial charge on any atom is 0.202 e. The van der Waals surface area contributed by atoms with Crippen molar-refractivity contribution >= 4 is 26.5 Å². The van der Waals surface area contributed by atoms with Gasteiger partial charge in [-0.2, -0.15) is 4.37 Å². The van der Waals surface area contributed by atoms with Gasteiger partial charge in [0, 0.05) is 43.0 Å². The third kappa shape index (κ3) is 3.73. The minimum absolute atomic E-state index is 0.108. The highest BCUT2D eigenvalue weighted by atomic mass is 32.2. The second kappa shape index (κ2) is 5.81. The van der Waals surface area contributed by atoms with E-state index in [1.165, 1.54) is 17.8 Å². The molecule has 0 aromatic carbocycles. The first-order chi connectivity index (χ1) is 9.64. The lowest BCUT2D eigenvalue weighted by Gasteiger charge is -2.35. The van der Waals surface area contributed by atoms with Crippen LogP contribution in [0.3, 0.4) is 0 Å². The molecule has 21 heavy (non-hydrogen) atoms. The molecule has 1 fully saturated rings. The monoisotopic (exact) mass is 333 g/mol. The average molecular weight is 333 g/mol. The SMILES string of the molecule is CC(C)(C)c1nsc(NCC2(S(C)(=O)=O)CCOCC2)n1. The fourth-order valence-corrected chi connectivity index (χ4v) is 4.25. The Morgan fingerprint density at radius 2 is 1.95 bits per heavy atom. The Kier molecular flexibility index (Phi) is 4.60. The van der Waals surface area contributed by atoms with Gasteiger partial charge in [0.1, 0.15) is 5.82 Å². The number of hydrogen-bond donors (Lipinski definition) is 1. The van der Waals surface area contributed by atoms with Crippen molar-refractivity contribution in [1.29, 1.82) is 0 Å². The number of aromatic nitrogens is 2. The van der Waals surface area contributed by atoms with Gasteiger partial charge in [-0.25, -0.2) is 13.4 Å². The van der Waals surface area contributed by atoms with Gasteiger partial charge in [-0.1, -0.05) is 20.8 Å². The van der Waals surface area contributed by atoms with Crippen molar-refractivity contribution in [2.45, 2.75) is 43.8 Å². The van der Waals surface area contributed by atoms with E-state index in [2.05, 4.69) is 35.4 Å². The summed E-state index contributed by atoms with van der Waals surface area (Å²) in [4.78, 5) is 4.45. The van der Waals surface area contributed by atoms with E-state index in [4.69, 9.17) is 4.74 Å². The minimum atomic E-state index is -3.17. The predicted octanol–water partition coefficient (Wildman–Crippen LogP) is 1.84. The summed E-state index contributed by atoms with van der Waals surface area (Å²) >= 11 is 1.28. The topological polar surface area (TPSA) is 81.2 Å². The van der Waals surface area contributed by atoms with Gasteiger partial charge < -0.3 is 10.1 Å². The molecule has 1 aliphatic rings. The fraction of sp³-hybridized carbons (Fsp3) is 0.846. The van der Waals surface area contributed by atoms with E-state index < -0.39 is 14.6 Å². The van der Waals surface area contributed by atoms with E-state index in [0.29, 0.717) is 37.7 Å². The highest BCUT2D eigenvalue weighted by Crippen LogP contribution is 2.30. The number of sulfone groups is 1. The van der Waals surface area contributed by atoms with Crippen molar-refractivity contribution in [3.8, 4) is 0 Å². The van der Waals surface area contributed by atoms with Gasteiger partial charge in [-0.15, -0.1) is 0 Å². The average Bonchev–Trinajstić information content (AvgIpc) is 2.85. The Morgan fingerprint density at radius 3 is 2.43 bits per heavy atom. The van der Waals surface area contributed by atoms with Crippen LogP contribution in [-0.2, 0) is 20.0 Å². The van der Waals surface area contributed by atoms with Gasteiger partial charge >= 0.3 is 0 Å². The molecule has 0 unspecified atom stereocenters. The number of nitrogens with zero attached hydrogens (tertiary/aromatic N) is 2. The minimum Gasteiger partial charge on any atom is -0.381 e. The number of anilines is 1. The lowest BCUT2D eigenvalue weighted by molar-refractivity contribution is 0.0777. The van der Waals surface area contributed by atoms with E-state index in [0.717, 1.165) is 5.82 Å². The third-order valence-electron chi connectivity index (χ3n) is 3.85. The number of ether oxygens (including phenoxy) is 1. The molecule has 1 aromatic rings. The Balaban J connectivity index is 2.11. The molecule has 2 rings (SSSR count). The van der Waals surface area contributed by atoms with Gasteiger partial charge in [-0.05, 0) is 12.8 Å². The van der Waals surface area contributed by atoms with E-state index in [9.17, 15) is 8.42 Å². The maximum absolute atomic E-state index is 12.2. The highest BCUT2D eigenvalue weighted by molar-refractivity contribution is 7.92. The summed E-state index contributed by atoms with van der Waals surface area (Å²) in [6, 6.07) is 0. The first-order valence-electron chi connectivity index (χ1n) is 6.99. The smallest absolute Gasteiger partial charge is 0.202 e. The third-order valence-corrected chi connectivity index (χ3v) is 6.65. The molecule has 0 atom stereocenters. The molecule has 2 heterocycles. The maximum atomic E-state index is 12.2. The number of nitrogens with one attached hydrogen (secondary N) is 1. The van der Waals surface area contributed by atoms with E-state index in [1.807, 2.05) is 0 Å². The summed E-state index contributed by atoms with van der Waals surface area (Å²) < 4.78 is 33.2. The molecule has 120 valence electrons. The molecular formula is C13H23N3O3S2. The van der Waals surface area contributed by atoms with Crippen LogP contribution in [0.5, 0.6) is 0 Å². The summed E-state index contributed by atoms with van der Waals surface area (Å²) in [5.74, 6) is 0.774. The standard InChI is InChI=1S/C13H23N3O3S2/c1-12(2,3)10-15-11(20-16-10)14-9-13(21(4,17)18)5-7-19-8-6-13/h5-9H2,1-4H3,(H,14,15,16). The van der Waals surface area contributed by atoms with Crippen molar-refractivity contribution in [2.75, 3.05) is 31.3 Å². The van der Waals surface area contributed by atoms with E-state index >= 15 is 0 Å². The quantitative estimate of drug-likeness (QED) is 0.905. The predicted molar refractivity (Wildman–Crippen MR) is 84.7 cm³/mol. The van der Waals surface area contributed by atoms with Crippen molar-refractivity contribution < 1.29 is 13.2 Å². The van der Waals surface area contributed by atoms with Crippen LogP contribution in [0.4, 0.5) is 5.13 Å². The van der Waals surface area contributed by atoms with Crippen LogP contribution in [-0.4, -0.2) is 48.5 Å². The van der Waals surface area contributed by atoms with Crippen LogP contribution in [0.1, 0.15) is 39.4 Å². The second-order valence-electron chi connectivity index (χ2n) is 6.59. The first kappa shape index (κ1) is 16.6. The molecule has 8 heteroatoms. The molecule has 1 aliphatic heterocycles. The summed E-state index contributed by atoms with van der Waals surface area (Å²) in [5.41, 5.74) is -0.108. The normalized spacial score (nSPS) is 19.4. The van der Waals surface area contributed by atoms with Gasteiger partial charge in [0.25, 0.3) is 0 Å². The van der Waals surface area contributed by atoms with Crippen LogP contribution < -0.4 is 5.32 Å². The van der Waals surface area contributed by atoms with Crippen molar-refractivity contribution in [1.82, 2.24) is 9.36 Å². The molecule has 1 N–H and O–H groups in total. The van der Waals surface area contributed by atoms with E-state index in [-0.39, 0.29) is 5.41 Å². The molecular weight excluding hydrogens is 310 g/mol. The van der Waals surface area contributed by atoms with Crippen LogP contribution in [0.25, 0.3) is 0 Å². The van der Waals surface area contributed by atoms with Gasteiger partial charge in [0.15, 0.2) is 9.84 Å². The molecule has 0 bridgehead atoms. The van der Waals surface area contributed by atoms with Crippen LogP contribution in [0.15, 0.2) is 0 Å². The van der Waals surface area contributed by atoms with Crippen LogP contribution in [0, 0.1) is 0 Å². The number of rotatable bonds is 4. The molecule has 1 saturated heterocycles. The Morgan fingerprint density at radius 1 is 1.33 bits per heavy atom. The summed E-state index contributed by atoms with van der Waals surface area (Å²) in [6.07, 6.45) is 2.34. The molecule has 1 aromatic heterocycles. The van der Waals surface area contributed by atoms with Gasteiger partial charge in [0.05, 0.1) is 4.75 Å². The fourth-order valence-electron chi connectivity index (χ4n) is 2.26. The lowest BCUT2D eigenvalue weighted by atomic mass is 9.96. The van der Waals surface area contributed by atoms with Crippen LogP contribution >= 0.6 is 11.5 Å². The summed E-state index contributed by atoms with van der Waals surface area (Å²) in [6.45, 7) is 7.48. The zero-order valence-electron chi connectivity index (χ0n) is 13.0. The van der Waals surface area contributed by atoms with Crippen LogP contribution in [0.2, 0.25) is 0 Å². The second-order valence-corrected chi connectivity index (χ2v) is 9.76. The number of hydrogen-bond acceptors (Lipinski definition) is 7. The molecule has 0 aliphatic carbocycles. The largest absolute Gasteiger partial charge is 0.381 e. The highest BCUT2D eigenvalue weighted by Gasteiger charge is 2.42. The lowest BCUT2D eigenvalue weighted by Crippen LogP contribution is -2.48.